The molecule has 1 saturated heterocycles. The first-order valence-electron chi connectivity index (χ1n) is 17.1. The van der Waals surface area contributed by atoms with Gasteiger partial charge in [-0.2, -0.15) is 0 Å². The number of rotatable bonds is 8. The molecule has 4 aliphatic rings. The van der Waals surface area contributed by atoms with Gasteiger partial charge in [0.1, 0.15) is 29.7 Å². The highest BCUT2D eigenvalue weighted by Gasteiger charge is 2.75. The maximum atomic E-state index is 14.7. The molecule has 2 saturated carbocycles. The summed E-state index contributed by atoms with van der Waals surface area (Å²) in [6.07, 6.45) is -3.15. The lowest BCUT2D eigenvalue weighted by Crippen LogP contribution is -2.78. The van der Waals surface area contributed by atoms with Gasteiger partial charge in [0.2, 0.25) is 5.91 Å². The van der Waals surface area contributed by atoms with E-state index < -0.39 is 82.2 Å². The molecule has 0 radical (unpaired) electrons. The van der Waals surface area contributed by atoms with E-state index in [0.717, 1.165) is 5.57 Å². The van der Waals surface area contributed by atoms with Gasteiger partial charge in [0, 0.05) is 37.5 Å². The topological polar surface area (TPSA) is 175 Å². The van der Waals surface area contributed by atoms with Gasteiger partial charge in [-0.1, -0.05) is 56.2 Å². The van der Waals surface area contributed by atoms with Crippen LogP contribution in [0, 0.1) is 16.7 Å². The van der Waals surface area contributed by atoms with Crippen molar-refractivity contribution >= 4 is 29.6 Å². The Labute approximate surface area is 292 Å². The van der Waals surface area contributed by atoms with Crippen LogP contribution in [0.15, 0.2) is 53.1 Å². The largest absolute Gasteiger partial charge is 0.456 e. The van der Waals surface area contributed by atoms with Gasteiger partial charge in [-0.15, -0.1) is 0 Å². The van der Waals surface area contributed by atoms with E-state index in [1.807, 2.05) is 0 Å². The molecule has 1 aliphatic heterocycles. The molecule has 1 aromatic rings. The van der Waals surface area contributed by atoms with Crippen molar-refractivity contribution in [2.45, 2.75) is 123 Å². The number of benzene rings is 1. The summed E-state index contributed by atoms with van der Waals surface area (Å²) in [5, 5.41) is 26.9. The number of aliphatic hydroxyl groups is 2. The van der Waals surface area contributed by atoms with Crippen molar-refractivity contribution in [2.24, 2.45) is 16.7 Å². The van der Waals surface area contributed by atoms with Crippen LogP contribution < -0.4 is 5.32 Å². The fourth-order valence-electron chi connectivity index (χ4n) is 8.76. The number of ether oxygens (including phenoxy) is 4. The third-order valence-electron chi connectivity index (χ3n) is 11.5. The predicted molar refractivity (Wildman–Crippen MR) is 179 cm³/mol. The summed E-state index contributed by atoms with van der Waals surface area (Å²) in [5.74, 6) is -4.13. The first-order chi connectivity index (χ1) is 23.3. The lowest BCUT2D eigenvalue weighted by Gasteiger charge is -2.66. The Morgan fingerprint density at radius 3 is 2.26 bits per heavy atom. The number of ketones is 1. The minimum atomic E-state index is -2.00. The number of hydrogen-bond donors (Lipinski definition) is 3. The lowest BCUT2D eigenvalue weighted by atomic mass is 9.46. The van der Waals surface area contributed by atoms with Crippen molar-refractivity contribution in [1.29, 1.82) is 0 Å². The van der Waals surface area contributed by atoms with Crippen LogP contribution >= 0.6 is 0 Å². The summed E-state index contributed by atoms with van der Waals surface area (Å²) in [6.45, 7) is 13.0. The lowest BCUT2D eigenvalue weighted by molar-refractivity contribution is -0.331. The van der Waals surface area contributed by atoms with Gasteiger partial charge in [-0.25, -0.2) is 9.59 Å². The molecule has 12 heteroatoms. The number of Topliss-reactive ketones (excluding diaryl/α,β-unsaturated/α-hetero) is 1. The van der Waals surface area contributed by atoms with Crippen molar-refractivity contribution in [3.05, 3.63) is 58.7 Å². The van der Waals surface area contributed by atoms with Crippen LogP contribution in [0.1, 0.15) is 91.4 Å². The predicted octanol–water partition coefficient (Wildman–Crippen LogP) is 3.52. The van der Waals surface area contributed by atoms with Crippen molar-refractivity contribution in [3.63, 3.8) is 0 Å². The van der Waals surface area contributed by atoms with Crippen molar-refractivity contribution in [3.8, 4) is 0 Å². The number of hydrogen-bond acceptors (Lipinski definition) is 11. The van der Waals surface area contributed by atoms with E-state index in [4.69, 9.17) is 18.9 Å². The maximum Gasteiger partial charge on any atom is 0.338 e. The van der Waals surface area contributed by atoms with Crippen LogP contribution in [-0.4, -0.2) is 88.1 Å². The summed E-state index contributed by atoms with van der Waals surface area (Å²) in [5.41, 5.74) is -3.86. The van der Waals surface area contributed by atoms with Crippen molar-refractivity contribution in [1.82, 2.24) is 5.32 Å². The molecule has 9 atom stereocenters. The molecule has 12 nitrogen and oxygen atoms in total. The fraction of sp³-hybridized carbons (Fsp3) is 0.605. The highest BCUT2D eigenvalue weighted by Crippen LogP contribution is 2.64. The second-order valence-electron chi connectivity index (χ2n) is 15.3. The van der Waals surface area contributed by atoms with Crippen LogP contribution in [0.2, 0.25) is 0 Å². The summed E-state index contributed by atoms with van der Waals surface area (Å²) >= 11 is 0. The van der Waals surface area contributed by atoms with Crippen molar-refractivity contribution < 1.29 is 53.1 Å². The van der Waals surface area contributed by atoms with E-state index >= 15 is 0 Å². The third-order valence-corrected chi connectivity index (χ3v) is 11.5. The number of fused-ring (bicyclic) bond motifs is 5. The zero-order chi connectivity index (χ0) is 37.0. The number of amides is 1. The van der Waals surface area contributed by atoms with Crippen molar-refractivity contribution in [2.75, 3.05) is 6.61 Å². The molecule has 50 heavy (non-hydrogen) atoms. The molecule has 1 heterocycles. The average molecular weight is 696 g/mol. The highest BCUT2D eigenvalue weighted by molar-refractivity contribution is 5.91. The van der Waals surface area contributed by atoms with Gasteiger partial charge < -0.3 is 34.5 Å². The van der Waals surface area contributed by atoms with Gasteiger partial charge in [0.05, 0.1) is 24.1 Å². The molecule has 2 bridgehead atoms. The molecule has 1 unspecified atom stereocenters. The normalized spacial score (nSPS) is 33.8. The molecule has 0 spiro atoms. The van der Waals surface area contributed by atoms with Gasteiger partial charge in [-0.3, -0.25) is 14.4 Å². The third kappa shape index (κ3) is 6.19. The summed E-state index contributed by atoms with van der Waals surface area (Å²) in [6, 6.07) is 7.15. The molecular formula is C38H49NO11. The number of esters is 3. The molecule has 0 aromatic heterocycles. The van der Waals surface area contributed by atoms with Gasteiger partial charge in [-0.05, 0) is 51.3 Å². The minimum absolute atomic E-state index is 0.0675. The average Bonchev–Trinajstić information content (AvgIpc) is 3.02. The second-order valence-corrected chi connectivity index (χ2v) is 15.3. The Morgan fingerprint density at radius 2 is 1.70 bits per heavy atom. The van der Waals surface area contributed by atoms with Crippen LogP contribution in [-0.2, 0) is 38.1 Å². The SMILES string of the molecule is CC(=O)N[C@@H](C=C(C)C)[C@@H](O)C(=O)OC1C[C@@]2(O)[C@@H](OC(=O)c3ccccc3)[C@@H]3[C@]4(OC(C)=O)CO[C@@H]4CC[C@@]3(C)C(=O)CC(=C1C)C2(C)C. The van der Waals surface area contributed by atoms with E-state index in [1.165, 1.54) is 19.9 Å². The number of carbonyl (C=O) groups is 5. The molecule has 3 N–H and O–H groups in total. The summed E-state index contributed by atoms with van der Waals surface area (Å²) in [4.78, 5) is 66.8. The van der Waals surface area contributed by atoms with E-state index in [9.17, 15) is 34.2 Å². The first kappa shape index (κ1) is 37.4. The number of allylic oxidation sites excluding steroid dienone is 1. The second kappa shape index (κ2) is 13.4. The van der Waals surface area contributed by atoms with E-state index in [2.05, 4.69) is 5.32 Å². The molecular weight excluding hydrogens is 646 g/mol. The standard InChI is InChI=1S/C38H49NO11/c1-20(2)16-26(39-22(4)40)30(43)34(45)48-27-18-38(46)32(49-33(44)24-12-10-9-11-13-24)31-36(8,28(42)17-25(21(27)3)35(38,6)7)15-14-29-37(31,19-47-29)50-23(5)41/h9-13,16,26-27,29-32,43,46H,14-15,17-19H2,1-8H3,(H,39,40)/t26-,27?,29+,30+,31-,32-,36-,37-,38+/m0/s1. The Kier molecular flexibility index (Phi) is 9.98. The number of nitrogens with one attached hydrogen (secondary N) is 1. The summed E-state index contributed by atoms with van der Waals surface area (Å²) in [7, 11) is 0. The maximum absolute atomic E-state index is 14.7. The molecule has 1 aromatic carbocycles. The van der Waals surface area contributed by atoms with Crippen LogP contribution in [0.25, 0.3) is 0 Å². The number of carbonyl (C=O) groups excluding carboxylic acids is 5. The Balaban J connectivity index is 1.66. The molecule has 1 amide bonds. The van der Waals surface area contributed by atoms with Gasteiger partial charge >= 0.3 is 17.9 Å². The molecule has 3 fully saturated rings. The Morgan fingerprint density at radius 1 is 1.04 bits per heavy atom. The van der Waals surface area contributed by atoms with Gasteiger partial charge in [0.15, 0.2) is 11.7 Å². The first-order valence-corrected chi connectivity index (χ1v) is 17.1. The Bertz CT molecular complexity index is 1630. The quantitative estimate of drug-likeness (QED) is 0.206. The van der Waals surface area contributed by atoms with E-state index in [-0.39, 0.29) is 30.8 Å². The van der Waals surface area contributed by atoms with E-state index in [1.54, 1.807) is 71.9 Å². The molecule has 3 aliphatic carbocycles. The number of aliphatic hydroxyl groups excluding tert-OH is 1. The smallest absolute Gasteiger partial charge is 0.338 e. The molecule has 272 valence electrons. The van der Waals surface area contributed by atoms with E-state index in [0.29, 0.717) is 24.0 Å². The fourth-order valence-corrected chi connectivity index (χ4v) is 8.76. The summed E-state index contributed by atoms with van der Waals surface area (Å²) < 4.78 is 24.3. The zero-order valence-electron chi connectivity index (χ0n) is 30.0. The monoisotopic (exact) mass is 695 g/mol. The van der Waals surface area contributed by atoms with Crippen LogP contribution in [0.5, 0.6) is 0 Å². The molecule has 5 rings (SSSR count). The zero-order valence-corrected chi connectivity index (χ0v) is 30.0. The highest BCUT2D eigenvalue weighted by atomic mass is 16.6. The van der Waals surface area contributed by atoms with Gasteiger partial charge in [0.25, 0.3) is 0 Å². The van der Waals surface area contributed by atoms with Crippen LogP contribution in [0.4, 0.5) is 0 Å². The minimum Gasteiger partial charge on any atom is -0.456 e. The Hall–Kier alpha value is -3.87. The van der Waals surface area contributed by atoms with Crippen LogP contribution in [0.3, 0.4) is 0 Å².